The van der Waals surface area contributed by atoms with E-state index in [0.717, 1.165) is 48.6 Å². The van der Waals surface area contributed by atoms with E-state index in [0.29, 0.717) is 31.2 Å². The van der Waals surface area contributed by atoms with Gasteiger partial charge in [0.05, 0.1) is 29.5 Å². The van der Waals surface area contributed by atoms with Crippen molar-refractivity contribution < 1.29 is 23.8 Å². The molecule has 0 radical (unpaired) electrons. The van der Waals surface area contributed by atoms with E-state index in [1.54, 1.807) is 10.7 Å². The van der Waals surface area contributed by atoms with E-state index in [9.17, 15) is 23.8 Å². The third-order valence-electron chi connectivity index (χ3n) is 6.57. The summed E-state index contributed by atoms with van der Waals surface area (Å²) < 4.78 is 25.6. The monoisotopic (exact) mass is 472 g/mol. The molecule has 3 N–H and O–H groups in total. The molecule has 34 heavy (non-hydrogen) atoms. The first-order chi connectivity index (χ1) is 16.4. The lowest BCUT2D eigenvalue weighted by Crippen LogP contribution is -2.45. The number of anilines is 1. The molecule has 2 fully saturated rings. The summed E-state index contributed by atoms with van der Waals surface area (Å²) in [7, 11) is 0. The van der Waals surface area contributed by atoms with Gasteiger partial charge in [0.2, 0.25) is 0 Å². The quantitative estimate of drug-likeness (QED) is 0.542. The molecule has 2 aliphatic rings. The van der Waals surface area contributed by atoms with Gasteiger partial charge in [-0.25, -0.2) is 13.3 Å². The summed E-state index contributed by atoms with van der Waals surface area (Å²) in [5.74, 6) is -0.948. The van der Waals surface area contributed by atoms with Crippen LogP contribution in [0.15, 0.2) is 48.8 Å². The van der Waals surface area contributed by atoms with Gasteiger partial charge < -0.3 is 20.4 Å². The minimum atomic E-state index is -0.990. The number of rotatable bonds is 4. The van der Waals surface area contributed by atoms with Crippen molar-refractivity contribution >= 4 is 17.1 Å². The van der Waals surface area contributed by atoms with Crippen molar-refractivity contribution in [1.82, 2.24) is 14.9 Å². The van der Waals surface area contributed by atoms with Crippen molar-refractivity contribution in [3.8, 4) is 0 Å². The molecule has 1 saturated carbocycles. The molecule has 1 saturated heterocycles. The number of amides is 1. The Morgan fingerprint density at radius 2 is 1.71 bits per heavy atom. The second-order valence-electron chi connectivity index (χ2n) is 9.03. The van der Waals surface area contributed by atoms with E-state index in [-0.39, 0.29) is 18.6 Å². The molecule has 0 bridgehead atoms. The largest absolute Gasteiger partial charge is 0.393 e. The van der Waals surface area contributed by atoms with Crippen molar-refractivity contribution in [3.63, 3.8) is 0 Å². The molecular weight excluding hydrogens is 442 g/mol. The van der Waals surface area contributed by atoms with Crippen LogP contribution in [0, 0.1) is 11.6 Å². The number of fused-ring (bicyclic) bond motifs is 1. The average Bonchev–Trinajstić information content (AvgIpc) is 3.53. The standard InChI is InChI=1S/C19H26N4O3.C6H4F2/c24-13-19(26)6-3-14(4-7-19)21-18(25)16-12-20-23-10-5-15(11-17(16)23)22-8-1-2-9-22;7-5-1-2-6(8)4-3-5/h5,10-12,14,24,26H,1-4,6-9,13H2,(H,21,25);1-4H. The number of aromatic nitrogens is 2. The summed E-state index contributed by atoms with van der Waals surface area (Å²) in [5.41, 5.74) is 1.54. The predicted octanol–water partition coefficient (Wildman–Crippen LogP) is 3.30. The van der Waals surface area contributed by atoms with Crippen molar-refractivity contribution in [3.05, 3.63) is 66.0 Å². The molecule has 0 atom stereocenters. The lowest BCUT2D eigenvalue weighted by molar-refractivity contribution is -0.0468. The first-order valence-electron chi connectivity index (χ1n) is 11.6. The number of pyridine rings is 1. The molecule has 0 unspecified atom stereocenters. The van der Waals surface area contributed by atoms with Crippen molar-refractivity contribution in [1.29, 1.82) is 0 Å². The lowest BCUT2D eigenvalue weighted by atomic mass is 9.83. The molecule has 1 aliphatic heterocycles. The number of halogens is 2. The first kappa shape index (κ1) is 24.1. The Morgan fingerprint density at radius 1 is 1.09 bits per heavy atom. The Hall–Kier alpha value is -3.04. The minimum Gasteiger partial charge on any atom is -0.393 e. The maximum atomic E-state index is 12.8. The third kappa shape index (κ3) is 5.71. The molecule has 182 valence electrons. The van der Waals surface area contributed by atoms with E-state index < -0.39 is 17.2 Å². The van der Waals surface area contributed by atoms with Gasteiger partial charge in [-0.15, -0.1) is 0 Å². The van der Waals surface area contributed by atoms with E-state index in [2.05, 4.69) is 15.3 Å². The van der Waals surface area contributed by atoms with Gasteiger partial charge in [-0.2, -0.15) is 5.10 Å². The number of nitrogens with zero attached hydrogens (tertiary/aromatic N) is 3. The van der Waals surface area contributed by atoms with Crippen LogP contribution >= 0.6 is 0 Å². The lowest BCUT2D eigenvalue weighted by Gasteiger charge is -2.34. The summed E-state index contributed by atoms with van der Waals surface area (Å²) >= 11 is 0. The highest BCUT2D eigenvalue weighted by Gasteiger charge is 2.33. The Morgan fingerprint density at radius 3 is 2.29 bits per heavy atom. The van der Waals surface area contributed by atoms with E-state index in [1.807, 2.05) is 18.3 Å². The van der Waals surface area contributed by atoms with Crippen LogP contribution in [0.1, 0.15) is 48.9 Å². The molecule has 1 aromatic carbocycles. The average molecular weight is 473 g/mol. The fourth-order valence-electron chi connectivity index (χ4n) is 4.47. The predicted molar refractivity (Wildman–Crippen MR) is 125 cm³/mol. The Kier molecular flexibility index (Phi) is 7.43. The highest BCUT2D eigenvalue weighted by molar-refractivity contribution is 6.01. The summed E-state index contributed by atoms with van der Waals surface area (Å²) in [4.78, 5) is 15.1. The van der Waals surface area contributed by atoms with Crippen molar-refractivity contribution in [2.75, 3.05) is 24.6 Å². The van der Waals surface area contributed by atoms with Crippen LogP contribution in [0.25, 0.3) is 5.52 Å². The van der Waals surface area contributed by atoms with Crippen LogP contribution < -0.4 is 10.2 Å². The zero-order chi connectivity index (χ0) is 24.1. The van der Waals surface area contributed by atoms with Gasteiger partial charge in [0.25, 0.3) is 5.91 Å². The molecule has 2 aromatic heterocycles. The summed E-state index contributed by atoms with van der Waals surface area (Å²) in [6.07, 6.45) is 8.28. The number of benzene rings is 1. The van der Waals surface area contributed by atoms with E-state index in [4.69, 9.17) is 0 Å². The smallest absolute Gasteiger partial charge is 0.255 e. The molecule has 1 aliphatic carbocycles. The molecule has 0 spiro atoms. The topological polar surface area (TPSA) is 90.1 Å². The van der Waals surface area contributed by atoms with Gasteiger partial charge in [-0.1, -0.05) is 0 Å². The first-order valence-corrected chi connectivity index (χ1v) is 11.6. The molecule has 1 amide bonds. The van der Waals surface area contributed by atoms with Crippen LogP contribution in [-0.4, -0.2) is 57.1 Å². The Balaban J connectivity index is 0.000000291. The van der Waals surface area contributed by atoms with E-state index >= 15 is 0 Å². The number of nitrogens with one attached hydrogen (secondary N) is 1. The normalized spacial score (nSPS) is 22.4. The van der Waals surface area contributed by atoms with Crippen molar-refractivity contribution in [2.24, 2.45) is 0 Å². The van der Waals surface area contributed by atoms with Crippen LogP contribution in [0.5, 0.6) is 0 Å². The maximum Gasteiger partial charge on any atom is 0.255 e. The molecule has 3 heterocycles. The van der Waals surface area contributed by atoms with Gasteiger partial charge in [0.1, 0.15) is 11.6 Å². The number of carbonyl (C=O) groups excluding carboxylic acids is 1. The summed E-state index contributed by atoms with van der Waals surface area (Å²) in [5, 5.41) is 26.7. The molecular formula is C25H30F2N4O3. The Bertz CT molecular complexity index is 1080. The summed E-state index contributed by atoms with van der Waals surface area (Å²) in [6, 6.07) is 8.42. The SMILES string of the molecule is Fc1ccc(F)cc1.O=C(NC1CCC(O)(CO)CC1)c1cnn2ccc(N3CCCC3)cc12. The minimum absolute atomic E-state index is 0.0195. The molecule has 3 aromatic rings. The zero-order valence-electron chi connectivity index (χ0n) is 19.0. The highest BCUT2D eigenvalue weighted by atomic mass is 19.1. The fourth-order valence-corrected chi connectivity index (χ4v) is 4.47. The van der Waals surface area contributed by atoms with Crippen LogP contribution in [0.3, 0.4) is 0 Å². The molecule has 9 heteroatoms. The van der Waals surface area contributed by atoms with Crippen LogP contribution in [-0.2, 0) is 0 Å². The second-order valence-corrected chi connectivity index (χ2v) is 9.03. The second kappa shape index (κ2) is 10.5. The van der Waals surface area contributed by atoms with Gasteiger partial charge >= 0.3 is 0 Å². The van der Waals surface area contributed by atoms with Gasteiger partial charge in [0.15, 0.2) is 0 Å². The number of aliphatic hydroxyl groups excluding tert-OH is 1. The van der Waals surface area contributed by atoms with Gasteiger partial charge in [-0.05, 0) is 74.9 Å². The van der Waals surface area contributed by atoms with Gasteiger partial charge in [0, 0.05) is 31.0 Å². The third-order valence-corrected chi connectivity index (χ3v) is 6.57. The van der Waals surface area contributed by atoms with Crippen LogP contribution in [0.2, 0.25) is 0 Å². The van der Waals surface area contributed by atoms with E-state index in [1.165, 1.54) is 12.8 Å². The van der Waals surface area contributed by atoms with Crippen LogP contribution in [0.4, 0.5) is 14.5 Å². The fraction of sp³-hybridized carbons (Fsp3) is 0.440. The zero-order valence-corrected chi connectivity index (χ0v) is 19.0. The maximum absolute atomic E-state index is 12.8. The summed E-state index contributed by atoms with van der Waals surface area (Å²) in [6.45, 7) is 1.89. The van der Waals surface area contributed by atoms with Crippen molar-refractivity contribution in [2.45, 2.75) is 50.2 Å². The Labute approximate surface area is 197 Å². The number of aliphatic hydroxyl groups is 2. The number of hydrogen-bond acceptors (Lipinski definition) is 5. The van der Waals surface area contributed by atoms with Gasteiger partial charge in [-0.3, -0.25) is 4.79 Å². The molecule has 7 nitrogen and oxygen atoms in total. The highest BCUT2D eigenvalue weighted by Crippen LogP contribution is 2.28. The molecule has 5 rings (SSSR count). The number of carbonyl (C=O) groups is 1. The number of hydrogen-bond donors (Lipinski definition) is 3.